The normalized spacial score (nSPS) is 25.9. The Morgan fingerprint density at radius 3 is 2.62 bits per heavy atom. The van der Waals surface area contributed by atoms with Gasteiger partial charge in [0.05, 0.1) is 6.61 Å². The van der Waals surface area contributed by atoms with Gasteiger partial charge < -0.3 is 10.1 Å². The van der Waals surface area contributed by atoms with Crippen LogP contribution in [0.25, 0.3) is 0 Å². The Morgan fingerprint density at radius 2 is 2.12 bits per heavy atom. The minimum Gasteiger partial charge on any atom is -0.380 e. The quantitative estimate of drug-likeness (QED) is 0.674. The van der Waals surface area contributed by atoms with Gasteiger partial charge in [-0.15, -0.1) is 0 Å². The third-order valence-electron chi connectivity index (χ3n) is 3.94. The maximum Gasteiger partial charge on any atom is 0.0622 e. The summed E-state index contributed by atoms with van der Waals surface area (Å²) in [6, 6.07) is 0.550. The molecule has 16 heavy (non-hydrogen) atoms. The summed E-state index contributed by atoms with van der Waals surface area (Å²) in [4.78, 5) is 0. The maximum atomic E-state index is 5.74. The molecule has 0 aromatic carbocycles. The Hall–Kier alpha value is -0.0800. The second-order valence-electron chi connectivity index (χ2n) is 5.73. The number of nitrogens with one attached hydrogen (secondary N) is 1. The van der Waals surface area contributed by atoms with Gasteiger partial charge in [0.1, 0.15) is 0 Å². The van der Waals surface area contributed by atoms with E-state index in [0.717, 1.165) is 32.1 Å². The van der Waals surface area contributed by atoms with E-state index < -0.39 is 0 Å². The molecule has 0 aromatic rings. The number of hydrogen-bond donors (Lipinski definition) is 1. The fourth-order valence-corrected chi connectivity index (χ4v) is 3.03. The number of likely N-dealkylation sites (N-methyl/N-ethyl adjacent to an activating group) is 1. The number of hydrogen-bond acceptors (Lipinski definition) is 2. The lowest BCUT2D eigenvalue weighted by molar-refractivity contribution is 0.0708. The highest BCUT2D eigenvalue weighted by Crippen LogP contribution is 2.44. The molecular formula is C14H29NO. The zero-order chi connectivity index (χ0) is 12.0. The molecule has 1 aliphatic rings. The first-order valence-electron chi connectivity index (χ1n) is 6.93. The first-order chi connectivity index (χ1) is 7.61. The van der Waals surface area contributed by atoms with Crippen molar-refractivity contribution in [2.45, 2.75) is 59.4 Å². The van der Waals surface area contributed by atoms with Gasteiger partial charge in [0.15, 0.2) is 0 Å². The van der Waals surface area contributed by atoms with Crippen LogP contribution in [0.15, 0.2) is 0 Å². The fourth-order valence-electron chi connectivity index (χ4n) is 3.03. The van der Waals surface area contributed by atoms with Crippen molar-refractivity contribution in [3.05, 3.63) is 0 Å². The van der Waals surface area contributed by atoms with Crippen molar-refractivity contribution in [1.82, 2.24) is 5.32 Å². The summed E-state index contributed by atoms with van der Waals surface area (Å²) in [5.74, 6) is 0.782. The van der Waals surface area contributed by atoms with Gasteiger partial charge in [-0.1, -0.05) is 34.1 Å². The highest BCUT2D eigenvalue weighted by atomic mass is 16.5. The summed E-state index contributed by atoms with van der Waals surface area (Å²) in [6.07, 6.45) is 5.23. The zero-order valence-corrected chi connectivity index (χ0v) is 11.5. The van der Waals surface area contributed by atoms with Crippen LogP contribution < -0.4 is 5.32 Å². The minimum atomic E-state index is 0.489. The van der Waals surface area contributed by atoms with Gasteiger partial charge >= 0.3 is 0 Å². The summed E-state index contributed by atoms with van der Waals surface area (Å²) in [5.41, 5.74) is 0.489. The van der Waals surface area contributed by atoms with Gasteiger partial charge in [-0.3, -0.25) is 0 Å². The Bertz CT molecular complexity index is 191. The number of rotatable bonds is 7. The lowest BCUT2D eigenvalue weighted by atomic mass is 9.77. The fraction of sp³-hybridized carbons (Fsp3) is 1.00. The molecule has 1 N–H and O–H groups in total. The first-order valence-corrected chi connectivity index (χ1v) is 6.93. The molecule has 2 nitrogen and oxygen atoms in total. The van der Waals surface area contributed by atoms with Crippen molar-refractivity contribution in [3.63, 3.8) is 0 Å². The average Bonchev–Trinajstić information content (AvgIpc) is 2.57. The average molecular weight is 227 g/mol. The smallest absolute Gasteiger partial charge is 0.0622 e. The molecule has 0 aliphatic heterocycles. The van der Waals surface area contributed by atoms with Crippen molar-refractivity contribution in [1.29, 1.82) is 0 Å². The zero-order valence-electron chi connectivity index (χ0n) is 11.5. The van der Waals surface area contributed by atoms with Crippen molar-refractivity contribution in [2.75, 3.05) is 19.8 Å². The first kappa shape index (κ1) is 14.0. The van der Waals surface area contributed by atoms with E-state index in [0.29, 0.717) is 11.5 Å². The summed E-state index contributed by atoms with van der Waals surface area (Å²) in [5, 5.41) is 3.61. The van der Waals surface area contributed by atoms with Gasteiger partial charge in [0.25, 0.3) is 0 Å². The van der Waals surface area contributed by atoms with Crippen LogP contribution in [0.4, 0.5) is 0 Å². The van der Waals surface area contributed by atoms with E-state index in [1.165, 1.54) is 19.3 Å². The van der Waals surface area contributed by atoms with Crippen LogP contribution in [0.3, 0.4) is 0 Å². The molecule has 2 atom stereocenters. The van der Waals surface area contributed by atoms with Crippen LogP contribution in [0.2, 0.25) is 0 Å². The van der Waals surface area contributed by atoms with E-state index in [1.54, 1.807) is 0 Å². The van der Waals surface area contributed by atoms with Crippen LogP contribution in [-0.2, 0) is 4.74 Å². The molecule has 1 fully saturated rings. The van der Waals surface area contributed by atoms with E-state index >= 15 is 0 Å². The molecule has 1 aliphatic carbocycles. The third-order valence-corrected chi connectivity index (χ3v) is 3.94. The van der Waals surface area contributed by atoms with Crippen LogP contribution in [0, 0.1) is 11.3 Å². The molecule has 0 bridgehead atoms. The Morgan fingerprint density at radius 1 is 1.38 bits per heavy atom. The van der Waals surface area contributed by atoms with Gasteiger partial charge in [-0.05, 0) is 37.1 Å². The molecule has 0 amide bonds. The molecule has 0 heterocycles. The Kier molecular flexibility index (Phi) is 5.77. The predicted molar refractivity (Wildman–Crippen MR) is 69.7 cm³/mol. The molecule has 0 spiro atoms. The predicted octanol–water partition coefficient (Wildman–Crippen LogP) is 3.22. The van der Waals surface area contributed by atoms with Crippen LogP contribution in [0.5, 0.6) is 0 Å². The summed E-state index contributed by atoms with van der Waals surface area (Å²) >= 11 is 0. The van der Waals surface area contributed by atoms with Crippen LogP contribution >= 0.6 is 0 Å². The topological polar surface area (TPSA) is 21.3 Å². The molecule has 0 aromatic heterocycles. The Labute approximate surface area is 101 Å². The minimum absolute atomic E-state index is 0.489. The summed E-state index contributed by atoms with van der Waals surface area (Å²) in [6.45, 7) is 12.0. The van der Waals surface area contributed by atoms with Gasteiger partial charge in [-0.25, -0.2) is 0 Å². The van der Waals surface area contributed by atoms with Crippen LogP contribution in [-0.4, -0.2) is 25.8 Å². The molecule has 2 unspecified atom stereocenters. The van der Waals surface area contributed by atoms with Crippen molar-refractivity contribution in [3.8, 4) is 0 Å². The molecule has 1 rings (SSSR count). The van der Waals surface area contributed by atoms with E-state index in [-0.39, 0.29) is 0 Å². The highest BCUT2D eigenvalue weighted by molar-refractivity contribution is 4.92. The maximum absolute atomic E-state index is 5.74. The third kappa shape index (κ3) is 3.74. The molecule has 0 radical (unpaired) electrons. The second-order valence-corrected chi connectivity index (χ2v) is 5.73. The SMILES string of the molecule is CCCOCC(NCC)C1CCCC1(C)C. The van der Waals surface area contributed by atoms with Gasteiger partial charge in [0.2, 0.25) is 0 Å². The standard InChI is InChI=1S/C14H29NO/c1-5-10-16-11-13(15-6-2)12-8-7-9-14(12,3)4/h12-13,15H,5-11H2,1-4H3. The molecule has 2 heteroatoms. The lowest BCUT2D eigenvalue weighted by Crippen LogP contribution is -2.44. The van der Waals surface area contributed by atoms with E-state index in [4.69, 9.17) is 4.74 Å². The van der Waals surface area contributed by atoms with Crippen molar-refractivity contribution < 1.29 is 4.74 Å². The van der Waals surface area contributed by atoms with E-state index in [1.807, 2.05) is 0 Å². The van der Waals surface area contributed by atoms with E-state index in [2.05, 4.69) is 33.0 Å². The van der Waals surface area contributed by atoms with Gasteiger partial charge in [0, 0.05) is 12.6 Å². The van der Waals surface area contributed by atoms with Crippen molar-refractivity contribution >= 4 is 0 Å². The summed E-state index contributed by atoms with van der Waals surface area (Å²) < 4.78 is 5.74. The molecule has 0 saturated heterocycles. The second kappa shape index (κ2) is 6.61. The van der Waals surface area contributed by atoms with Gasteiger partial charge in [-0.2, -0.15) is 0 Å². The van der Waals surface area contributed by atoms with Crippen LogP contribution in [0.1, 0.15) is 53.4 Å². The summed E-state index contributed by atoms with van der Waals surface area (Å²) in [7, 11) is 0. The highest BCUT2D eigenvalue weighted by Gasteiger charge is 2.39. The molecule has 96 valence electrons. The number of ether oxygens (including phenoxy) is 1. The molecular weight excluding hydrogens is 198 g/mol. The largest absolute Gasteiger partial charge is 0.380 e. The van der Waals surface area contributed by atoms with E-state index in [9.17, 15) is 0 Å². The lowest BCUT2D eigenvalue weighted by Gasteiger charge is -2.34. The van der Waals surface area contributed by atoms with Crippen molar-refractivity contribution in [2.24, 2.45) is 11.3 Å². The Balaban J connectivity index is 2.48. The monoisotopic (exact) mass is 227 g/mol. The molecule has 1 saturated carbocycles.